The fourth-order valence-electron chi connectivity index (χ4n) is 9.89. The van der Waals surface area contributed by atoms with Crippen molar-refractivity contribution in [3.8, 4) is 11.5 Å². The van der Waals surface area contributed by atoms with Crippen LogP contribution in [0.15, 0.2) is 12.1 Å². The number of piperidine rings is 1. The summed E-state index contributed by atoms with van der Waals surface area (Å²) in [6, 6.07) is 4.47. The molecule has 5 heteroatoms. The van der Waals surface area contributed by atoms with Gasteiger partial charge < -0.3 is 19.7 Å². The van der Waals surface area contributed by atoms with E-state index >= 15 is 0 Å². The third-order valence-corrected chi connectivity index (χ3v) is 12.6. The smallest absolute Gasteiger partial charge is 0.165 e. The highest BCUT2D eigenvalue weighted by atomic mass is 16.6. The van der Waals surface area contributed by atoms with Crippen molar-refractivity contribution in [3.05, 3.63) is 23.3 Å². The van der Waals surface area contributed by atoms with Gasteiger partial charge in [0.1, 0.15) is 11.7 Å². The third kappa shape index (κ3) is 2.43. The van der Waals surface area contributed by atoms with Gasteiger partial charge in [-0.2, -0.15) is 0 Å². The number of nitrogens with zero attached hydrogens (tertiary/aromatic N) is 1. The zero-order chi connectivity index (χ0) is 24.6. The van der Waals surface area contributed by atoms with Gasteiger partial charge in [-0.15, -0.1) is 0 Å². The third-order valence-electron chi connectivity index (χ3n) is 12.6. The molecule has 0 aromatic heterocycles. The molecule has 1 aromatic rings. The second-order valence-electron chi connectivity index (χ2n) is 13.8. The summed E-state index contributed by atoms with van der Waals surface area (Å²) in [6.45, 7) is 11.0. The van der Waals surface area contributed by atoms with E-state index in [9.17, 15) is 10.2 Å². The van der Waals surface area contributed by atoms with E-state index in [2.05, 4.69) is 38.7 Å². The SMILES string of the molecule is CCC(C)(C)[C@@](C)(O)[C@H]1C[C@@]23CCC1(OC)[C@@H]1Oc4c(O)ccc5c4[C@@]12CCN(CC1CC1)C3C5. The normalized spacial score (nSPS) is 43.0. The summed E-state index contributed by atoms with van der Waals surface area (Å²) < 4.78 is 13.5. The molecule has 0 amide bonds. The summed E-state index contributed by atoms with van der Waals surface area (Å²) in [5.41, 5.74) is 0.836. The van der Waals surface area contributed by atoms with Crippen LogP contribution in [0.5, 0.6) is 11.5 Å². The van der Waals surface area contributed by atoms with Gasteiger partial charge in [-0.3, -0.25) is 4.90 Å². The summed E-state index contributed by atoms with van der Waals surface area (Å²) in [5, 5.41) is 23.4. The first-order valence-corrected chi connectivity index (χ1v) is 14.1. The molecule has 5 nitrogen and oxygen atoms in total. The van der Waals surface area contributed by atoms with Crippen molar-refractivity contribution < 1.29 is 19.7 Å². The van der Waals surface area contributed by atoms with Crippen molar-refractivity contribution in [1.82, 2.24) is 4.90 Å². The van der Waals surface area contributed by atoms with Crippen LogP contribution in [0.1, 0.15) is 83.8 Å². The van der Waals surface area contributed by atoms with Gasteiger partial charge in [-0.25, -0.2) is 0 Å². The number of hydrogen-bond donors (Lipinski definition) is 2. The molecule has 8 rings (SSSR count). The molecule has 0 radical (unpaired) electrons. The Kier molecular flexibility index (Phi) is 4.42. The fraction of sp³-hybridized carbons (Fsp3) is 0.800. The summed E-state index contributed by atoms with van der Waals surface area (Å²) in [6.07, 6.45) is 8.56. The maximum absolute atomic E-state index is 12.4. The summed E-state index contributed by atoms with van der Waals surface area (Å²) >= 11 is 0. The topological polar surface area (TPSA) is 62.2 Å². The van der Waals surface area contributed by atoms with E-state index in [-0.39, 0.29) is 34.0 Å². The van der Waals surface area contributed by atoms with Gasteiger partial charge in [-0.1, -0.05) is 26.8 Å². The highest BCUT2D eigenvalue weighted by Gasteiger charge is 2.82. The van der Waals surface area contributed by atoms with E-state index in [0.29, 0.717) is 11.8 Å². The molecule has 35 heavy (non-hydrogen) atoms. The Morgan fingerprint density at radius 1 is 1.17 bits per heavy atom. The van der Waals surface area contributed by atoms with Crippen LogP contribution in [0, 0.1) is 22.7 Å². The van der Waals surface area contributed by atoms with E-state index < -0.39 is 11.2 Å². The Balaban J connectivity index is 1.46. The average Bonchev–Trinajstić information content (AvgIpc) is 3.58. The van der Waals surface area contributed by atoms with Crippen molar-refractivity contribution in [2.24, 2.45) is 22.7 Å². The number of phenolic OH excluding ortho intramolecular Hbond substituents is 1. The standard InChI is InChI=1S/C30H43NO4/c1-6-26(2,3)27(4,33)21-16-28-11-12-30(21,34-5)25-29(28)13-14-31(17-18-7-8-18)22(28)15-19-9-10-20(32)24(35-25)23(19)29/h9-10,18,21-22,25,32-33H,6-8,11-17H2,1-5H3/t21-,22?,25-,27+,28-,29+,30?/m1/s1. The van der Waals surface area contributed by atoms with Crippen LogP contribution in [-0.2, 0) is 16.6 Å². The number of ether oxygens (including phenoxy) is 2. The monoisotopic (exact) mass is 481 g/mol. The molecular weight excluding hydrogens is 438 g/mol. The van der Waals surface area contributed by atoms with Crippen LogP contribution in [-0.4, -0.2) is 58.7 Å². The molecule has 192 valence electrons. The molecule has 2 N–H and O–H groups in total. The minimum atomic E-state index is -0.900. The zero-order valence-electron chi connectivity index (χ0n) is 22.2. The van der Waals surface area contributed by atoms with Crippen LogP contribution >= 0.6 is 0 Å². The number of phenols is 1. The maximum Gasteiger partial charge on any atom is 0.165 e. The Morgan fingerprint density at radius 3 is 2.63 bits per heavy atom. The first kappa shape index (κ1) is 22.9. The van der Waals surface area contributed by atoms with Crippen LogP contribution in [0.2, 0.25) is 0 Å². The molecule has 7 aliphatic rings. The number of rotatable bonds is 6. The lowest BCUT2D eigenvalue weighted by atomic mass is 9.33. The second kappa shape index (κ2) is 6.76. The van der Waals surface area contributed by atoms with Gasteiger partial charge in [0.05, 0.1) is 5.60 Å². The Bertz CT molecular complexity index is 1080. The molecule has 2 spiro atoms. The van der Waals surface area contributed by atoms with E-state index in [1.807, 2.05) is 13.2 Å². The van der Waals surface area contributed by atoms with Gasteiger partial charge in [0, 0.05) is 42.0 Å². The van der Waals surface area contributed by atoms with E-state index in [1.54, 1.807) is 0 Å². The number of hydrogen-bond acceptors (Lipinski definition) is 5. The molecule has 1 aromatic carbocycles. The number of aliphatic hydroxyl groups is 1. The number of methoxy groups -OCH3 is 1. The van der Waals surface area contributed by atoms with Crippen molar-refractivity contribution in [1.29, 1.82) is 0 Å². The van der Waals surface area contributed by atoms with E-state index in [4.69, 9.17) is 9.47 Å². The molecule has 5 fully saturated rings. The molecule has 1 saturated heterocycles. The van der Waals surface area contributed by atoms with Crippen molar-refractivity contribution in [2.45, 2.75) is 108 Å². The predicted molar refractivity (Wildman–Crippen MR) is 135 cm³/mol. The van der Waals surface area contributed by atoms with Crippen molar-refractivity contribution in [2.75, 3.05) is 20.2 Å². The van der Waals surface area contributed by atoms with Crippen LogP contribution in [0.3, 0.4) is 0 Å². The molecule has 7 atom stereocenters. The number of benzene rings is 1. The molecular formula is C30H43NO4. The average molecular weight is 482 g/mol. The summed E-state index contributed by atoms with van der Waals surface area (Å²) in [5.74, 6) is 1.81. The lowest BCUT2D eigenvalue weighted by Gasteiger charge is -2.75. The Labute approximate surface area is 210 Å². The lowest BCUT2D eigenvalue weighted by molar-refractivity contribution is -0.313. The van der Waals surface area contributed by atoms with Crippen LogP contribution in [0.4, 0.5) is 0 Å². The predicted octanol–water partition coefficient (Wildman–Crippen LogP) is 4.80. The number of aromatic hydroxyl groups is 1. The maximum atomic E-state index is 12.4. The van der Waals surface area contributed by atoms with Gasteiger partial charge >= 0.3 is 0 Å². The van der Waals surface area contributed by atoms with Gasteiger partial charge in [0.15, 0.2) is 11.5 Å². The number of likely N-dealkylation sites (tertiary alicyclic amines) is 1. The minimum absolute atomic E-state index is 0.0248. The highest BCUT2D eigenvalue weighted by molar-refractivity contribution is 5.63. The highest BCUT2D eigenvalue weighted by Crippen LogP contribution is 2.78. The van der Waals surface area contributed by atoms with E-state index in [0.717, 1.165) is 51.0 Å². The first-order valence-electron chi connectivity index (χ1n) is 14.1. The van der Waals surface area contributed by atoms with Gasteiger partial charge in [0.2, 0.25) is 0 Å². The Morgan fingerprint density at radius 2 is 1.94 bits per heavy atom. The Hall–Kier alpha value is -1.30. The first-order chi connectivity index (χ1) is 16.6. The quantitative estimate of drug-likeness (QED) is 0.611. The fourth-order valence-corrected chi connectivity index (χ4v) is 9.89. The second-order valence-corrected chi connectivity index (χ2v) is 13.8. The van der Waals surface area contributed by atoms with Gasteiger partial charge in [-0.05, 0) is 87.8 Å². The van der Waals surface area contributed by atoms with Gasteiger partial charge in [0.25, 0.3) is 0 Å². The minimum Gasteiger partial charge on any atom is -0.504 e. The molecule has 2 aliphatic heterocycles. The largest absolute Gasteiger partial charge is 0.504 e. The summed E-state index contributed by atoms with van der Waals surface area (Å²) in [4.78, 5) is 2.83. The van der Waals surface area contributed by atoms with Crippen LogP contribution < -0.4 is 4.74 Å². The molecule has 2 unspecified atom stereocenters. The molecule has 5 aliphatic carbocycles. The van der Waals surface area contributed by atoms with E-state index in [1.165, 1.54) is 30.5 Å². The van der Waals surface area contributed by atoms with Crippen LogP contribution in [0.25, 0.3) is 0 Å². The zero-order valence-corrected chi connectivity index (χ0v) is 22.2. The molecule has 4 saturated carbocycles. The van der Waals surface area contributed by atoms with Crippen molar-refractivity contribution in [3.63, 3.8) is 0 Å². The van der Waals surface area contributed by atoms with Crippen molar-refractivity contribution >= 4 is 0 Å². The lowest BCUT2D eigenvalue weighted by Crippen LogP contribution is -2.83. The summed E-state index contributed by atoms with van der Waals surface area (Å²) in [7, 11) is 1.84. The molecule has 2 heterocycles. The number of fused-ring (bicyclic) bond motifs is 2. The molecule has 4 bridgehead atoms.